The largest absolute Gasteiger partial charge is 0.296 e. The summed E-state index contributed by atoms with van der Waals surface area (Å²) in [6, 6.07) is 8.35. The van der Waals surface area contributed by atoms with Crippen LogP contribution in [0.15, 0.2) is 30.5 Å². The molecule has 0 N–H and O–H groups in total. The maximum atomic E-state index is 4.65. The van der Waals surface area contributed by atoms with E-state index in [1.807, 2.05) is 6.20 Å². The lowest BCUT2D eigenvalue weighted by Gasteiger charge is -2.03. The first-order valence-corrected chi connectivity index (χ1v) is 5.83. The van der Waals surface area contributed by atoms with E-state index in [1.165, 1.54) is 11.1 Å². The fraction of sp³-hybridized carbons (Fsp3) is 0.286. The number of nitrogens with zero attached hydrogens (tertiary/aromatic N) is 3. The third kappa shape index (κ3) is 1.94. The van der Waals surface area contributed by atoms with Crippen molar-refractivity contribution >= 4 is 0 Å². The van der Waals surface area contributed by atoms with Gasteiger partial charge in [0.2, 0.25) is 0 Å². The first-order valence-electron chi connectivity index (χ1n) is 5.83. The number of aryl methyl sites for hydroxylation is 1. The molecule has 86 valence electrons. The van der Waals surface area contributed by atoms with E-state index in [0.717, 1.165) is 30.2 Å². The first-order chi connectivity index (χ1) is 8.22. The van der Waals surface area contributed by atoms with E-state index in [0.29, 0.717) is 0 Å². The fourth-order valence-electron chi connectivity index (χ4n) is 2.16. The van der Waals surface area contributed by atoms with Gasteiger partial charge in [-0.05, 0) is 14.0 Å². The first kappa shape index (κ1) is 10.4. The SMILES string of the molecule is Cc1ccc(-c2ncc3c(n2)CN(C)C3)cc1. The van der Waals surface area contributed by atoms with Crippen molar-refractivity contribution in [3.8, 4) is 11.4 Å². The van der Waals surface area contributed by atoms with Crippen LogP contribution in [-0.4, -0.2) is 21.9 Å². The van der Waals surface area contributed by atoms with Crippen molar-refractivity contribution in [1.29, 1.82) is 0 Å². The fourth-order valence-corrected chi connectivity index (χ4v) is 2.16. The zero-order chi connectivity index (χ0) is 11.8. The van der Waals surface area contributed by atoms with Gasteiger partial charge in [0.25, 0.3) is 0 Å². The Morgan fingerprint density at radius 2 is 1.88 bits per heavy atom. The molecule has 0 saturated carbocycles. The van der Waals surface area contributed by atoms with E-state index in [2.05, 4.69) is 53.1 Å². The smallest absolute Gasteiger partial charge is 0.159 e. The van der Waals surface area contributed by atoms with Gasteiger partial charge in [-0.2, -0.15) is 0 Å². The second-order valence-corrected chi connectivity index (χ2v) is 4.70. The summed E-state index contributed by atoms with van der Waals surface area (Å²) in [5.41, 5.74) is 4.77. The molecule has 3 nitrogen and oxygen atoms in total. The van der Waals surface area contributed by atoms with E-state index >= 15 is 0 Å². The third-order valence-corrected chi connectivity index (χ3v) is 3.12. The Bertz CT molecular complexity index is 546. The standard InChI is InChI=1S/C14H15N3/c1-10-3-5-11(6-4-10)14-15-7-12-8-17(2)9-13(12)16-14/h3-7H,8-9H2,1-2H3. The van der Waals surface area contributed by atoms with Crippen molar-refractivity contribution in [3.05, 3.63) is 47.3 Å². The van der Waals surface area contributed by atoms with Crippen LogP contribution in [0.25, 0.3) is 11.4 Å². The molecule has 0 saturated heterocycles. The predicted octanol–water partition coefficient (Wildman–Crippen LogP) is 2.40. The average Bonchev–Trinajstić information content (AvgIpc) is 2.69. The van der Waals surface area contributed by atoms with Gasteiger partial charge >= 0.3 is 0 Å². The Balaban J connectivity index is 2.00. The molecule has 0 atom stereocenters. The monoisotopic (exact) mass is 225 g/mol. The minimum Gasteiger partial charge on any atom is -0.296 e. The molecule has 0 fully saturated rings. The second kappa shape index (κ2) is 3.93. The van der Waals surface area contributed by atoms with Gasteiger partial charge in [-0.1, -0.05) is 29.8 Å². The minimum atomic E-state index is 0.832. The summed E-state index contributed by atoms with van der Waals surface area (Å²) in [5, 5.41) is 0. The van der Waals surface area contributed by atoms with E-state index < -0.39 is 0 Å². The number of hydrogen-bond acceptors (Lipinski definition) is 3. The van der Waals surface area contributed by atoms with Crippen molar-refractivity contribution in [2.75, 3.05) is 7.05 Å². The Morgan fingerprint density at radius 1 is 1.12 bits per heavy atom. The van der Waals surface area contributed by atoms with E-state index in [1.54, 1.807) is 0 Å². The number of aromatic nitrogens is 2. The average molecular weight is 225 g/mol. The van der Waals surface area contributed by atoms with Crippen LogP contribution < -0.4 is 0 Å². The van der Waals surface area contributed by atoms with Crippen molar-refractivity contribution in [2.24, 2.45) is 0 Å². The number of hydrogen-bond donors (Lipinski definition) is 0. The van der Waals surface area contributed by atoms with Crippen LogP contribution in [0.5, 0.6) is 0 Å². The van der Waals surface area contributed by atoms with Crippen LogP contribution >= 0.6 is 0 Å². The molecule has 2 aromatic rings. The minimum absolute atomic E-state index is 0.832. The van der Waals surface area contributed by atoms with Crippen molar-refractivity contribution in [1.82, 2.24) is 14.9 Å². The van der Waals surface area contributed by atoms with Crippen LogP contribution in [-0.2, 0) is 13.1 Å². The Morgan fingerprint density at radius 3 is 2.65 bits per heavy atom. The number of rotatable bonds is 1. The molecule has 17 heavy (non-hydrogen) atoms. The summed E-state index contributed by atoms with van der Waals surface area (Å²) in [6.07, 6.45) is 1.96. The van der Waals surface area contributed by atoms with Crippen LogP contribution in [0.1, 0.15) is 16.8 Å². The molecule has 0 spiro atoms. The maximum Gasteiger partial charge on any atom is 0.159 e. The molecule has 0 aliphatic carbocycles. The normalized spacial score (nSPS) is 14.9. The highest BCUT2D eigenvalue weighted by molar-refractivity contribution is 5.55. The zero-order valence-corrected chi connectivity index (χ0v) is 10.1. The van der Waals surface area contributed by atoms with Gasteiger partial charge in [-0.15, -0.1) is 0 Å². The lowest BCUT2D eigenvalue weighted by atomic mass is 10.1. The Labute approximate surface area is 101 Å². The summed E-state index contributed by atoms with van der Waals surface area (Å²) in [5.74, 6) is 0.832. The van der Waals surface area contributed by atoms with Crippen molar-refractivity contribution in [3.63, 3.8) is 0 Å². The highest BCUT2D eigenvalue weighted by Crippen LogP contribution is 2.22. The quantitative estimate of drug-likeness (QED) is 0.746. The van der Waals surface area contributed by atoms with Crippen LogP contribution in [0, 0.1) is 6.92 Å². The van der Waals surface area contributed by atoms with Crippen LogP contribution in [0.4, 0.5) is 0 Å². The third-order valence-electron chi connectivity index (χ3n) is 3.12. The molecule has 1 aromatic heterocycles. The van der Waals surface area contributed by atoms with Crippen molar-refractivity contribution < 1.29 is 0 Å². The summed E-state index contributed by atoms with van der Waals surface area (Å²) < 4.78 is 0. The van der Waals surface area contributed by atoms with Crippen LogP contribution in [0.2, 0.25) is 0 Å². The van der Waals surface area contributed by atoms with Gasteiger partial charge in [-0.3, -0.25) is 4.90 Å². The lowest BCUT2D eigenvalue weighted by Crippen LogP contribution is -2.07. The molecule has 1 aromatic carbocycles. The molecule has 0 unspecified atom stereocenters. The van der Waals surface area contributed by atoms with Crippen LogP contribution in [0.3, 0.4) is 0 Å². The molecular weight excluding hydrogens is 210 g/mol. The summed E-state index contributed by atoms with van der Waals surface area (Å²) in [7, 11) is 2.10. The summed E-state index contributed by atoms with van der Waals surface area (Å²) in [4.78, 5) is 11.3. The highest BCUT2D eigenvalue weighted by atomic mass is 15.1. The van der Waals surface area contributed by atoms with Gasteiger partial charge < -0.3 is 0 Å². The number of benzene rings is 1. The lowest BCUT2D eigenvalue weighted by molar-refractivity contribution is 0.351. The molecule has 0 amide bonds. The molecule has 0 radical (unpaired) electrons. The molecule has 2 heterocycles. The molecule has 1 aliphatic rings. The molecule has 1 aliphatic heterocycles. The van der Waals surface area contributed by atoms with Gasteiger partial charge in [0.05, 0.1) is 5.69 Å². The number of fused-ring (bicyclic) bond motifs is 1. The predicted molar refractivity (Wildman–Crippen MR) is 67.4 cm³/mol. The molecular formula is C14H15N3. The van der Waals surface area contributed by atoms with Crippen molar-refractivity contribution in [2.45, 2.75) is 20.0 Å². The second-order valence-electron chi connectivity index (χ2n) is 4.70. The van der Waals surface area contributed by atoms with E-state index in [9.17, 15) is 0 Å². The molecule has 3 rings (SSSR count). The maximum absolute atomic E-state index is 4.65. The highest BCUT2D eigenvalue weighted by Gasteiger charge is 2.18. The Hall–Kier alpha value is -1.74. The molecule has 0 bridgehead atoms. The van der Waals surface area contributed by atoms with Gasteiger partial charge in [0, 0.05) is 30.4 Å². The zero-order valence-electron chi connectivity index (χ0n) is 10.1. The van der Waals surface area contributed by atoms with E-state index in [-0.39, 0.29) is 0 Å². The summed E-state index contributed by atoms with van der Waals surface area (Å²) in [6.45, 7) is 3.97. The Kier molecular flexibility index (Phi) is 2.41. The topological polar surface area (TPSA) is 29.0 Å². The van der Waals surface area contributed by atoms with Gasteiger partial charge in [0.1, 0.15) is 0 Å². The van der Waals surface area contributed by atoms with Gasteiger partial charge in [0.15, 0.2) is 5.82 Å². The van der Waals surface area contributed by atoms with E-state index in [4.69, 9.17) is 0 Å². The molecule has 3 heteroatoms. The summed E-state index contributed by atoms with van der Waals surface area (Å²) >= 11 is 0. The van der Waals surface area contributed by atoms with Gasteiger partial charge in [-0.25, -0.2) is 9.97 Å².